The van der Waals surface area contributed by atoms with Crippen LogP contribution in [0.2, 0.25) is 0 Å². The number of hydrogen-bond acceptors (Lipinski definition) is 8. The topological polar surface area (TPSA) is 134 Å². The van der Waals surface area contributed by atoms with Gasteiger partial charge in [0, 0.05) is 37.7 Å². The highest BCUT2D eigenvalue weighted by Crippen LogP contribution is 2.74. The highest BCUT2D eigenvalue weighted by Gasteiger charge is 2.53. The molecule has 2 N–H and O–H groups in total. The van der Waals surface area contributed by atoms with Crippen LogP contribution in [0.5, 0.6) is 0 Å². The lowest BCUT2D eigenvalue weighted by Crippen LogP contribution is -2.36. The number of carbonyl (C=O) groups excluding carboxylic acids is 3. The molecule has 1 aromatic carbocycles. The minimum Gasteiger partial charge on any atom is -0.412 e. The van der Waals surface area contributed by atoms with Crippen LogP contribution in [-0.4, -0.2) is 71.0 Å². The maximum atomic E-state index is 12.3. The Hall–Kier alpha value is -3.15. The van der Waals surface area contributed by atoms with Crippen LogP contribution in [0.25, 0.3) is 11.0 Å². The lowest BCUT2D eigenvalue weighted by Gasteiger charge is -2.40. The molecule has 6 rings (SSSR count). The number of nitrogens with zero attached hydrogens (tertiary/aromatic N) is 3. The molecule has 2 fully saturated rings. The normalized spacial score (nSPS) is 22.5. The first kappa shape index (κ1) is 26.5. The second-order valence-corrected chi connectivity index (χ2v) is 12.3. The number of piperidine rings is 1. The summed E-state index contributed by atoms with van der Waals surface area (Å²) in [5.41, 5.74) is 4.12. The minimum absolute atomic E-state index is 0. The lowest BCUT2D eigenvalue weighted by atomic mass is 9.91. The first-order valence-corrected chi connectivity index (χ1v) is 14.5. The van der Waals surface area contributed by atoms with Gasteiger partial charge in [0.2, 0.25) is 5.91 Å². The number of allylic oxidation sites excluding steroid dienone is 1. The van der Waals surface area contributed by atoms with Crippen molar-refractivity contribution in [3.05, 3.63) is 50.9 Å². The molecule has 0 bridgehead atoms. The van der Waals surface area contributed by atoms with Gasteiger partial charge in [-0.2, -0.15) is 0 Å². The molecule has 4 aliphatic heterocycles. The Morgan fingerprint density at radius 3 is 2.50 bits per heavy atom. The van der Waals surface area contributed by atoms with E-state index < -0.39 is 22.5 Å². The molecule has 0 saturated carbocycles. The van der Waals surface area contributed by atoms with Gasteiger partial charge in [0.05, 0.1) is 22.0 Å². The van der Waals surface area contributed by atoms with Crippen LogP contribution >= 0.6 is 10.6 Å². The molecule has 4 aliphatic rings. The number of rotatable bonds is 5. The van der Waals surface area contributed by atoms with Crippen LogP contribution < -0.4 is 0 Å². The van der Waals surface area contributed by atoms with E-state index >= 15 is 0 Å². The van der Waals surface area contributed by atoms with E-state index in [0.717, 1.165) is 76.5 Å². The van der Waals surface area contributed by atoms with Crippen molar-refractivity contribution in [1.82, 2.24) is 15.0 Å². The van der Waals surface area contributed by atoms with Crippen molar-refractivity contribution in [2.75, 3.05) is 32.7 Å². The molecule has 0 aliphatic carbocycles. The highest BCUT2D eigenvalue weighted by atomic mass is 32.3. The second kappa shape index (κ2) is 10.2. The molecule has 0 atom stereocenters. The van der Waals surface area contributed by atoms with Crippen molar-refractivity contribution in [1.29, 1.82) is 0 Å². The van der Waals surface area contributed by atoms with E-state index in [1.54, 1.807) is 4.90 Å². The number of benzene rings is 1. The van der Waals surface area contributed by atoms with Gasteiger partial charge in [0.25, 0.3) is 0 Å². The number of carbonyl (C=O) groups is 3. The summed E-state index contributed by atoms with van der Waals surface area (Å²) in [7, 11) is -2.65. The minimum atomic E-state index is -2.65. The van der Waals surface area contributed by atoms with E-state index in [1.165, 1.54) is 6.92 Å². The van der Waals surface area contributed by atoms with E-state index in [2.05, 4.69) is 23.0 Å². The Bertz CT molecular complexity index is 1340. The Morgan fingerprint density at radius 1 is 1.11 bits per heavy atom. The average molecular weight is 544 g/mol. The molecule has 1 amide bonds. The Labute approximate surface area is 222 Å². The highest BCUT2D eigenvalue weighted by molar-refractivity contribution is 8.33. The Kier molecular flexibility index (Phi) is 7.10. The fourth-order valence-electron chi connectivity index (χ4n) is 6.13. The van der Waals surface area contributed by atoms with Gasteiger partial charge in [0.15, 0.2) is 5.58 Å². The molecule has 10 nitrogen and oxygen atoms in total. The van der Waals surface area contributed by atoms with E-state index in [-0.39, 0.29) is 11.4 Å². The van der Waals surface area contributed by atoms with E-state index in [9.17, 15) is 14.4 Å². The predicted molar refractivity (Wildman–Crippen MR) is 142 cm³/mol. The Morgan fingerprint density at radius 2 is 1.82 bits per heavy atom. The second-order valence-electron chi connectivity index (χ2n) is 10.0. The summed E-state index contributed by atoms with van der Waals surface area (Å²) in [6.07, 6.45) is 4.08. The summed E-state index contributed by atoms with van der Waals surface area (Å²) in [5, 5.41) is 5.46. The fraction of sp³-hybridized carbons (Fsp3) is 0.481. The number of aromatic nitrogens is 1. The van der Waals surface area contributed by atoms with Crippen LogP contribution in [0.15, 0.2) is 49.7 Å². The summed E-state index contributed by atoms with van der Waals surface area (Å²) in [6.45, 7) is 7.21. The molecule has 2 aromatic rings. The van der Waals surface area contributed by atoms with Gasteiger partial charge in [-0.05, 0) is 62.1 Å². The van der Waals surface area contributed by atoms with Crippen molar-refractivity contribution < 1.29 is 32.7 Å². The van der Waals surface area contributed by atoms with Gasteiger partial charge < -0.3 is 28.2 Å². The molecule has 11 heteroatoms. The van der Waals surface area contributed by atoms with Crippen LogP contribution in [0.3, 0.4) is 0 Å². The van der Waals surface area contributed by atoms with Gasteiger partial charge >= 0.3 is 11.9 Å². The summed E-state index contributed by atoms with van der Waals surface area (Å²) in [6, 6.07) is 8.00. The molecule has 0 unspecified atom stereocenters. The van der Waals surface area contributed by atoms with Gasteiger partial charge in [-0.3, -0.25) is 4.79 Å². The maximum Gasteiger partial charge on any atom is 0.441 e. The summed E-state index contributed by atoms with van der Waals surface area (Å²) in [5.74, 6) is -1.54. The third kappa shape index (κ3) is 4.22. The average Bonchev–Trinajstić information content (AvgIpc) is 3.54. The number of amides is 1. The van der Waals surface area contributed by atoms with Crippen molar-refractivity contribution in [2.45, 2.75) is 51.9 Å². The molecule has 204 valence electrons. The molecule has 0 radical (unpaired) electrons. The number of likely N-dealkylation sites (tertiary alicyclic amines) is 1. The first-order valence-electron chi connectivity index (χ1n) is 13.0. The zero-order valence-corrected chi connectivity index (χ0v) is 22.5. The van der Waals surface area contributed by atoms with Crippen molar-refractivity contribution in [2.24, 2.45) is 0 Å². The number of hydrogen-bond donors (Lipinski definition) is 0. The van der Waals surface area contributed by atoms with E-state index in [4.69, 9.17) is 12.9 Å². The van der Waals surface area contributed by atoms with Crippen LogP contribution in [-0.2, 0) is 22.7 Å². The Balaban J connectivity index is 0.00000294. The fourth-order valence-corrected chi connectivity index (χ4v) is 9.26. The molecule has 2 saturated heterocycles. The van der Waals surface area contributed by atoms with Crippen LogP contribution in [0, 0.1) is 0 Å². The largest absolute Gasteiger partial charge is 0.441 e. The van der Waals surface area contributed by atoms with Crippen molar-refractivity contribution >= 4 is 39.4 Å². The van der Waals surface area contributed by atoms with Crippen molar-refractivity contribution in [3.8, 4) is 0 Å². The van der Waals surface area contributed by atoms with E-state index in [1.807, 2.05) is 18.2 Å². The lowest BCUT2D eigenvalue weighted by molar-refractivity contribution is -0.150. The number of para-hydroxylation sites is 1. The van der Waals surface area contributed by atoms with Gasteiger partial charge in [-0.15, -0.1) is 0 Å². The standard InChI is InChI=1S/C27H31N3O6S.H2O/c1-3-19-20-10-15-30(17(2)31)16-24(20)37(35-26(32)27(33)36-37)23(19)11-14-29-12-8-18(9-13-29)25-21-6-4-5-7-22(21)34-28-25;/h4-7,18H,3,8-16H2,1-2H3;1H2. The van der Waals surface area contributed by atoms with Gasteiger partial charge in [0.1, 0.15) is 0 Å². The smallest absolute Gasteiger partial charge is 0.412 e. The quantitative estimate of drug-likeness (QED) is 0.523. The molecule has 1 aromatic heterocycles. The third-order valence-electron chi connectivity index (χ3n) is 8.04. The maximum absolute atomic E-state index is 12.3. The molecule has 5 heterocycles. The SMILES string of the molecule is CCC1=C(CCN2CCC(c3noc4ccccc34)CC2)S2(OC(=O)C(=O)O2)C2=C1CCN(C(C)=O)C2.O. The van der Waals surface area contributed by atoms with Gasteiger partial charge in [-0.1, -0.05) is 34.8 Å². The van der Waals surface area contributed by atoms with Crippen LogP contribution in [0.1, 0.15) is 57.6 Å². The van der Waals surface area contributed by atoms with Crippen molar-refractivity contribution in [3.63, 3.8) is 0 Å². The molecular formula is C27H33N3O7S. The third-order valence-corrected chi connectivity index (χ3v) is 10.9. The predicted octanol–water partition coefficient (Wildman–Crippen LogP) is 3.49. The number of fused-ring (bicyclic) bond motifs is 2. The summed E-state index contributed by atoms with van der Waals surface area (Å²) < 4.78 is 17.1. The molecule has 1 spiro atoms. The molecular weight excluding hydrogens is 510 g/mol. The molecule has 38 heavy (non-hydrogen) atoms. The first-order chi connectivity index (χ1) is 17.9. The zero-order chi connectivity index (χ0) is 25.7. The van der Waals surface area contributed by atoms with Gasteiger partial charge in [-0.25, -0.2) is 9.59 Å². The summed E-state index contributed by atoms with van der Waals surface area (Å²) in [4.78, 5) is 42.6. The van der Waals surface area contributed by atoms with Crippen LogP contribution in [0.4, 0.5) is 0 Å². The summed E-state index contributed by atoms with van der Waals surface area (Å²) >= 11 is 0. The van der Waals surface area contributed by atoms with E-state index in [0.29, 0.717) is 31.8 Å². The monoisotopic (exact) mass is 543 g/mol. The zero-order valence-electron chi connectivity index (χ0n) is 21.7.